The van der Waals surface area contributed by atoms with Crippen molar-refractivity contribution in [3.63, 3.8) is 0 Å². The van der Waals surface area contributed by atoms with Gasteiger partial charge in [-0.25, -0.2) is 9.97 Å². The van der Waals surface area contributed by atoms with Gasteiger partial charge in [-0.15, -0.1) is 0 Å². The molecule has 0 aliphatic carbocycles. The molecular formula is C14H22N4O. The smallest absolute Gasteiger partial charge is 0.242 e. The van der Waals surface area contributed by atoms with E-state index in [0.717, 1.165) is 43.1 Å². The molecule has 1 unspecified atom stereocenters. The Balaban J connectivity index is 2.31. The molecule has 1 amide bonds. The fraction of sp³-hybridized carbons (Fsp3) is 0.643. The highest BCUT2D eigenvalue weighted by molar-refractivity contribution is 5.86. The molecule has 2 rings (SSSR count). The number of nitrogens with zero attached hydrogens (tertiary/aromatic N) is 3. The van der Waals surface area contributed by atoms with Crippen molar-refractivity contribution in [3.05, 3.63) is 17.6 Å². The van der Waals surface area contributed by atoms with E-state index in [1.165, 1.54) is 0 Å². The number of rotatable bonds is 4. The second-order valence-electron chi connectivity index (χ2n) is 4.91. The summed E-state index contributed by atoms with van der Waals surface area (Å²) in [6.07, 6.45) is 2.73. The number of anilines is 1. The van der Waals surface area contributed by atoms with Crippen LogP contribution < -0.4 is 10.2 Å². The Hall–Kier alpha value is -1.65. The van der Waals surface area contributed by atoms with Gasteiger partial charge in [-0.2, -0.15) is 0 Å². The normalized spacial score (nSPS) is 19.4. The zero-order chi connectivity index (χ0) is 13.8. The Bertz CT molecular complexity index is 461. The monoisotopic (exact) mass is 262 g/mol. The largest absolute Gasteiger partial charge is 0.353 e. The Labute approximate surface area is 114 Å². The van der Waals surface area contributed by atoms with E-state index in [-0.39, 0.29) is 11.9 Å². The number of hydrogen-bond acceptors (Lipinski definition) is 4. The molecule has 0 spiro atoms. The molecule has 2 heterocycles. The van der Waals surface area contributed by atoms with E-state index in [4.69, 9.17) is 0 Å². The lowest BCUT2D eigenvalue weighted by Gasteiger charge is -2.36. The van der Waals surface area contributed by atoms with Crippen molar-refractivity contribution in [2.45, 2.75) is 46.1 Å². The van der Waals surface area contributed by atoms with Gasteiger partial charge in [0.15, 0.2) is 0 Å². The third-order valence-electron chi connectivity index (χ3n) is 3.43. The molecule has 1 aromatic rings. The van der Waals surface area contributed by atoms with Gasteiger partial charge in [-0.05, 0) is 19.8 Å². The van der Waals surface area contributed by atoms with Gasteiger partial charge in [0.25, 0.3) is 0 Å². The van der Waals surface area contributed by atoms with Crippen molar-refractivity contribution in [1.29, 1.82) is 0 Å². The highest BCUT2D eigenvalue weighted by atomic mass is 16.2. The van der Waals surface area contributed by atoms with Gasteiger partial charge in [-0.1, -0.05) is 20.3 Å². The standard InChI is InChI=1S/C14H22N4O/c1-4-6-12-14(19)15-7-8-18(12)13-9-11(5-2)16-10(3)17-13/h9,12H,4-8H2,1-3H3,(H,15,19). The van der Waals surface area contributed by atoms with Gasteiger partial charge in [0, 0.05) is 24.8 Å². The molecule has 1 aromatic heterocycles. The molecule has 0 radical (unpaired) electrons. The van der Waals surface area contributed by atoms with Crippen LogP contribution in [0, 0.1) is 6.92 Å². The van der Waals surface area contributed by atoms with E-state index < -0.39 is 0 Å². The fourth-order valence-electron chi connectivity index (χ4n) is 2.49. The number of carbonyl (C=O) groups is 1. The molecule has 0 saturated carbocycles. The minimum Gasteiger partial charge on any atom is -0.353 e. The van der Waals surface area contributed by atoms with Crippen LogP contribution >= 0.6 is 0 Å². The van der Waals surface area contributed by atoms with Crippen molar-refractivity contribution in [1.82, 2.24) is 15.3 Å². The van der Waals surface area contributed by atoms with E-state index >= 15 is 0 Å². The van der Waals surface area contributed by atoms with Gasteiger partial charge in [-0.3, -0.25) is 4.79 Å². The van der Waals surface area contributed by atoms with Gasteiger partial charge in [0.05, 0.1) is 0 Å². The molecule has 1 saturated heterocycles. The number of aryl methyl sites for hydroxylation is 2. The molecule has 104 valence electrons. The molecular weight excluding hydrogens is 240 g/mol. The maximum atomic E-state index is 12.0. The van der Waals surface area contributed by atoms with E-state index in [9.17, 15) is 4.79 Å². The number of carbonyl (C=O) groups excluding carboxylic acids is 1. The summed E-state index contributed by atoms with van der Waals surface area (Å²) in [5.74, 6) is 1.77. The first-order valence-electron chi connectivity index (χ1n) is 7.04. The Kier molecular flexibility index (Phi) is 4.35. The van der Waals surface area contributed by atoms with Crippen LogP contribution in [0.25, 0.3) is 0 Å². The predicted molar refractivity (Wildman–Crippen MR) is 75.2 cm³/mol. The van der Waals surface area contributed by atoms with E-state index in [2.05, 4.69) is 34.0 Å². The molecule has 19 heavy (non-hydrogen) atoms. The molecule has 1 aliphatic rings. The number of piperazine rings is 1. The first-order chi connectivity index (χ1) is 9.15. The minimum atomic E-state index is -0.0993. The van der Waals surface area contributed by atoms with Gasteiger partial charge >= 0.3 is 0 Å². The molecule has 1 fully saturated rings. The van der Waals surface area contributed by atoms with Crippen molar-refractivity contribution in [3.8, 4) is 0 Å². The van der Waals surface area contributed by atoms with Gasteiger partial charge in [0.2, 0.25) is 5.91 Å². The van der Waals surface area contributed by atoms with E-state index in [1.54, 1.807) is 0 Å². The number of hydrogen-bond donors (Lipinski definition) is 1. The maximum Gasteiger partial charge on any atom is 0.242 e. The van der Waals surface area contributed by atoms with E-state index in [1.807, 2.05) is 13.0 Å². The van der Waals surface area contributed by atoms with Crippen LogP contribution in [-0.2, 0) is 11.2 Å². The van der Waals surface area contributed by atoms with Crippen molar-refractivity contribution < 1.29 is 4.79 Å². The molecule has 0 bridgehead atoms. The average molecular weight is 262 g/mol. The maximum absolute atomic E-state index is 12.0. The first-order valence-corrected chi connectivity index (χ1v) is 7.04. The summed E-state index contributed by atoms with van der Waals surface area (Å²) in [6, 6.07) is 1.91. The SMILES string of the molecule is CCCC1C(=O)NCCN1c1cc(CC)nc(C)n1. The predicted octanol–water partition coefficient (Wildman–Crippen LogP) is 1.45. The summed E-state index contributed by atoms with van der Waals surface area (Å²) < 4.78 is 0. The number of nitrogens with one attached hydrogen (secondary N) is 1. The molecule has 5 nitrogen and oxygen atoms in total. The lowest BCUT2D eigenvalue weighted by molar-refractivity contribution is -0.123. The average Bonchev–Trinajstić information content (AvgIpc) is 2.40. The van der Waals surface area contributed by atoms with Crippen molar-refractivity contribution in [2.24, 2.45) is 0 Å². The Morgan fingerprint density at radius 2 is 2.21 bits per heavy atom. The van der Waals surface area contributed by atoms with Crippen molar-refractivity contribution >= 4 is 11.7 Å². The zero-order valence-corrected chi connectivity index (χ0v) is 11.9. The lowest BCUT2D eigenvalue weighted by atomic mass is 10.1. The van der Waals surface area contributed by atoms with Crippen LogP contribution in [0.1, 0.15) is 38.2 Å². The number of aromatic nitrogens is 2. The highest BCUT2D eigenvalue weighted by Crippen LogP contribution is 2.20. The Morgan fingerprint density at radius 1 is 1.42 bits per heavy atom. The van der Waals surface area contributed by atoms with E-state index in [0.29, 0.717) is 6.54 Å². The summed E-state index contributed by atoms with van der Waals surface area (Å²) in [5.41, 5.74) is 1.03. The molecule has 5 heteroatoms. The summed E-state index contributed by atoms with van der Waals surface area (Å²) in [5, 5.41) is 2.94. The highest BCUT2D eigenvalue weighted by Gasteiger charge is 2.29. The molecule has 0 aromatic carbocycles. The fourth-order valence-corrected chi connectivity index (χ4v) is 2.49. The number of amides is 1. The topological polar surface area (TPSA) is 58.1 Å². The van der Waals surface area contributed by atoms with Crippen LogP contribution in [0.4, 0.5) is 5.82 Å². The quantitative estimate of drug-likeness (QED) is 0.892. The molecule has 1 atom stereocenters. The lowest BCUT2D eigenvalue weighted by Crippen LogP contribution is -2.55. The zero-order valence-electron chi connectivity index (χ0n) is 11.9. The second kappa shape index (κ2) is 5.99. The van der Waals surface area contributed by atoms with Gasteiger partial charge < -0.3 is 10.2 Å². The molecule has 1 aliphatic heterocycles. The second-order valence-corrected chi connectivity index (χ2v) is 4.91. The third kappa shape index (κ3) is 3.03. The van der Waals surface area contributed by atoms with Crippen LogP contribution in [-0.4, -0.2) is 35.0 Å². The van der Waals surface area contributed by atoms with Crippen molar-refractivity contribution in [2.75, 3.05) is 18.0 Å². The summed E-state index contributed by atoms with van der Waals surface area (Å²) in [6.45, 7) is 7.59. The van der Waals surface area contributed by atoms with Crippen LogP contribution in [0.3, 0.4) is 0 Å². The minimum absolute atomic E-state index is 0.0993. The third-order valence-corrected chi connectivity index (χ3v) is 3.43. The molecule has 1 N–H and O–H groups in total. The summed E-state index contributed by atoms with van der Waals surface area (Å²) >= 11 is 0. The van der Waals surface area contributed by atoms with Crippen LogP contribution in [0.5, 0.6) is 0 Å². The van der Waals surface area contributed by atoms with Crippen LogP contribution in [0.2, 0.25) is 0 Å². The first kappa shape index (κ1) is 13.8. The Morgan fingerprint density at radius 3 is 2.89 bits per heavy atom. The summed E-state index contributed by atoms with van der Waals surface area (Å²) in [7, 11) is 0. The van der Waals surface area contributed by atoms with Gasteiger partial charge in [0.1, 0.15) is 17.7 Å². The summed E-state index contributed by atoms with van der Waals surface area (Å²) in [4.78, 5) is 23.0. The van der Waals surface area contributed by atoms with Crippen LogP contribution in [0.15, 0.2) is 6.07 Å².